The van der Waals surface area contributed by atoms with Crippen molar-refractivity contribution in [2.24, 2.45) is 0 Å². The lowest BCUT2D eigenvalue weighted by Gasteiger charge is -1.95. The zero-order valence-electron chi connectivity index (χ0n) is 6.74. The number of imidazole rings is 1. The molecule has 72 valence electrons. The highest BCUT2D eigenvalue weighted by Gasteiger charge is 2.09. The van der Waals surface area contributed by atoms with Gasteiger partial charge in [0, 0.05) is 0 Å². The summed E-state index contributed by atoms with van der Waals surface area (Å²) in [5.41, 5.74) is 1.56. The molecule has 0 unspecified atom stereocenters. The summed E-state index contributed by atoms with van der Waals surface area (Å²) in [5, 5.41) is 8.31. The number of fused-ring (bicyclic) bond motifs is 1. The summed E-state index contributed by atoms with van der Waals surface area (Å²) >= 11 is 0. The van der Waals surface area contributed by atoms with Crippen LogP contribution in [0.15, 0.2) is 11.0 Å². The van der Waals surface area contributed by atoms with Crippen LogP contribution in [0.2, 0.25) is 0 Å². The topological polar surface area (TPSA) is 124 Å². The normalized spacial score (nSPS) is 10.4. The van der Waals surface area contributed by atoms with E-state index in [1.165, 1.54) is 11.7 Å². The van der Waals surface area contributed by atoms with Crippen molar-refractivity contribution in [1.29, 1.82) is 0 Å². The number of H-pyrrole nitrogens is 2. The molecule has 2 aromatic heterocycles. The number of carbonyl (C=O) groups excluding carboxylic acids is 1. The minimum atomic E-state index is -0.839. The van der Waals surface area contributed by atoms with Crippen molar-refractivity contribution in [3.8, 4) is 0 Å². The van der Waals surface area contributed by atoms with Crippen LogP contribution in [0.3, 0.4) is 0 Å². The number of carbonyl (C=O) groups is 1. The smallest absolute Gasteiger partial charge is 0.303 e. The van der Waals surface area contributed by atoms with Gasteiger partial charge in [0.05, 0.1) is 6.20 Å². The highest BCUT2D eigenvalue weighted by Crippen LogP contribution is 2.01. The first-order valence-corrected chi connectivity index (χ1v) is 3.60. The van der Waals surface area contributed by atoms with Gasteiger partial charge in [-0.1, -0.05) is 0 Å². The quantitative estimate of drug-likeness (QED) is 0.335. The molecule has 0 fully saturated rings. The molecule has 0 spiro atoms. The molecule has 0 atom stereocenters. The van der Waals surface area contributed by atoms with Crippen molar-refractivity contribution >= 4 is 17.1 Å². The number of hydrogen-bond donors (Lipinski definition) is 4. The summed E-state index contributed by atoms with van der Waals surface area (Å²) in [6.45, 7) is 0. The fraction of sp³-hybridized carbons (Fsp3) is 0. The average molecular weight is 195 g/mol. The minimum absolute atomic E-state index is 0.212. The van der Waals surface area contributed by atoms with Gasteiger partial charge in [0.2, 0.25) is 5.82 Å². The zero-order valence-corrected chi connectivity index (χ0v) is 6.74. The van der Waals surface area contributed by atoms with Crippen molar-refractivity contribution in [2.45, 2.75) is 0 Å². The molecular formula is C6H5N5O3. The van der Waals surface area contributed by atoms with E-state index in [9.17, 15) is 9.59 Å². The van der Waals surface area contributed by atoms with E-state index >= 15 is 0 Å². The summed E-state index contributed by atoms with van der Waals surface area (Å²) in [5.74, 6) is -1.07. The third-order valence-corrected chi connectivity index (χ3v) is 1.57. The van der Waals surface area contributed by atoms with Gasteiger partial charge in [-0.05, 0) is 0 Å². The van der Waals surface area contributed by atoms with Gasteiger partial charge >= 0.3 is 11.6 Å². The second-order valence-electron chi connectivity index (χ2n) is 2.48. The summed E-state index contributed by atoms with van der Waals surface area (Å²) < 4.78 is 0. The third kappa shape index (κ3) is 1.23. The molecule has 4 N–H and O–H groups in total. The van der Waals surface area contributed by atoms with Crippen molar-refractivity contribution in [3.63, 3.8) is 0 Å². The lowest BCUT2D eigenvalue weighted by atomic mass is 10.5. The highest BCUT2D eigenvalue weighted by molar-refractivity contribution is 5.90. The summed E-state index contributed by atoms with van der Waals surface area (Å²) in [7, 11) is 0. The number of hydrogen-bond acceptors (Lipinski definition) is 5. The van der Waals surface area contributed by atoms with Crippen LogP contribution in [-0.4, -0.2) is 31.1 Å². The number of nitrogens with zero attached hydrogens (tertiary/aromatic N) is 2. The molecule has 14 heavy (non-hydrogen) atoms. The molecule has 2 heterocycles. The number of rotatable bonds is 1. The summed E-state index contributed by atoms with van der Waals surface area (Å²) in [4.78, 5) is 33.8. The molecule has 0 aliphatic heterocycles. The molecule has 0 radical (unpaired) electrons. The van der Waals surface area contributed by atoms with Gasteiger partial charge in [0.25, 0.3) is 0 Å². The van der Waals surface area contributed by atoms with E-state index in [-0.39, 0.29) is 11.5 Å². The summed E-state index contributed by atoms with van der Waals surface area (Å²) in [6, 6.07) is 0. The van der Waals surface area contributed by atoms with Crippen molar-refractivity contribution < 1.29 is 10.0 Å². The standard InChI is InChI=1S/C6H5N5O3/c12-5(11-14)4-7-1-2-3(9-4)10-6(13)8-2/h1,14H,(H,11,12)(H2,7,8,9,10,13). The SMILES string of the molecule is O=C(NO)c1ncc2[nH]c(=O)[nH]c2n1. The van der Waals surface area contributed by atoms with Gasteiger partial charge in [0.1, 0.15) is 5.52 Å². The van der Waals surface area contributed by atoms with Crippen LogP contribution in [0.1, 0.15) is 10.6 Å². The summed E-state index contributed by atoms with van der Waals surface area (Å²) in [6.07, 6.45) is 1.27. The molecule has 1 amide bonds. The second-order valence-corrected chi connectivity index (χ2v) is 2.48. The number of nitrogens with one attached hydrogen (secondary N) is 3. The molecule has 8 nitrogen and oxygen atoms in total. The lowest BCUT2D eigenvalue weighted by molar-refractivity contribution is 0.0695. The largest absolute Gasteiger partial charge is 0.325 e. The molecule has 0 aromatic carbocycles. The van der Waals surface area contributed by atoms with E-state index in [1.807, 2.05) is 0 Å². The van der Waals surface area contributed by atoms with Gasteiger partial charge in [-0.2, -0.15) is 0 Å². The van der Waals surface area contributed by atoms with Gasteiger partial charge in [-0.3, -0.25) is 15.0 Å². The number of hydroxylamine groups is 1. The fourth-order valence-corrected chi connectivity index (χ4v) is 0.989. The van der Waals surface area contributed by atoms with E-state index in [0.29, 0.717) is 5.52 Å². The molecule has 0 saturated carbocycles. The first-order chi connectivity index (χ1) is 6.70. The van der Waals surface area contributed by atoms with Gasteiger partial charge < -0.3 is 4.98 Å². The van der Waals surface area contributed by atoms with Gasteiger partial charge in [-0.15, -0.1) is 0 Å². The predicted molar refractivity (Wildman–Crippen MR) is 43.8 cm³/mol. The third-order valence-electron chi connectivity index (χ3n) is 1.57. The molecule has 0 aliphatic rings. The molecule has 0 saturated heterocycles. The van der Waals surface area contributed by atoms with E-state index in [4.69, 9.17) is 5.21 Å². The zero-order chi connectivity index (χ0) is 10.1. The Morgan fingerprint density at radius 1 is 1.50 bits per heavy atom. The van der Waals surface area contributed by atoms with Crippen LogP contribution in [-0.2, 0) is 0 Å². The maximum Gasteiger partial charge on any atom is 0.325 e. The molecule has 8 heteroatoms. The fourth-order valence-electron chi connectivity index (χ4n) is 0.989. The number of aromatic amines is 2. The maximum absolute atomic E-state index is 10.9. The van der Waals surface area contributed by atoms with Crippen molar-refractivity contribution in [3.05, 3.63) is 22.5 Å². The Balaban J connectivity index is 2.61. The highest BCUT2D eigenvalue weighted by atomic mass is 16.5. The van der Waals surface area contributed by atoms with Crippen LogP contribution in [0.5, 0.6) is 0 Å². The lowest BCUT2D eigenvalue weighted by Crippen LogP contribution is -2.21. The van der Waals surface area contributed by atoms with Crippen molar-refractivity contribution in [1.82, 2.24) is 25.4 Å². The Kier molecular flexibility index (Phi) is 1.75. The first-order valence-electron chi connectivity index (χ1n) is 3.60. The molecule has 0 aliphatic carbocycles. The Morgan fingerprint density at radius 3 is 3.00 bits per heavy atom. The van der Waals surface area contributed by atoms with E-state index < -0.39 is 11.6 Å². The predicted octanol–water partition coefficient (Wildman–Crippen LogP) is -1.23. The Labute approximate surface area is 76.0 Å². The van der Waals surface area contributed by atoms with E-state index in [1.54, 1.807) is 0 Å². The van der Waals surface area contributed by atoms with Crippen LogP contribution >= 0.6 is 0 Å². The average Bonchev–Trinajstić information content (AvgIpc) is 2.55. The van der Waals surface area contributed by atoms with Crippen LogP contribution in [0.25, 0.3) is 11.2 Å². The van der Waals surface area contributed by atoms with E-state index in [2.05, 4.69) is 19.9 Å². The van der Waals surface area contributed by atoms with Crippen molar-refractivity contribution in [2.75, 3.05) is 0 Å². The molecule has 2 aromatic rings. The minimum Gasteiger partial charge on any atom is -0.303 e. The molecule has 0 bridgehead atoms. The van der Waals surface area contributed by atoms with Crippen LogP contribution < -0.4 is 11.2 Å². The number of aromatic nitrogens is 4. The van der Waals surface area contributed by atoms with Crippen LogP contribution in [0.4, 0.5) is 0 Å². The first kappa shape index (κ1) is 8.38. The molecular weight excluding hydrogens is 190 g/mol. The second kappa shape index (κ2) is 2.92. The Hall–Kier alpha value is -2.22. The maximum atomic E-state index is 10.9. The monoisotopic (exact) mass is 195 g/mol. The Bertz CT molecular complexity index is 542. The molecule has 2 rings (SSSR count). The van der Waals surface area contributed by atoms with E-state index in [0.717, 1.165) is 0 Å². The Morgan fingerprint density at radius 2 is 2.29 bits per heavy atom. The van der Waals surface area contributed by atoms with Gasteiger partial charge in [-0.25, -0.2) is 20.2 Å². The number of amides is 1. The van der Waals surface area contributed by atoms with Crippen LogP contribution in [0, 0.1) is 0 Å². The van der Waals surface area contributed by atoms with Gasteiger partial charge in [0.15, 0.2) is 5.65 Å².